The first-order valence-electron chi connectivity index (χ1n) is 3.51. The van der Waals surface area contributed by atoms with Crippen molar-refractivity contribution in [3.05, 3.63) is 23.5 Å². The standard InChI is InChI=1S/C8H8F3NO/c1-4-6(12)2-5(9)3-7(4)13-8(10)11/h2-3,8H,12H2,1H3. The maximum absolute atomic E-state index is 12.7. The summed E-state index contributed by atoms with van der Waals surface area (Å²) in [7, 11) is 0. The van der Waals surface area contributed by atoms with Gasteiger partial charge in [-0.05, 0) is 13.0 Å². The molecule has 0 atom stereocenters. The third kappa shape index (κ3) is 2.27. The minimum atomic E-state index is -2.97. The van der Waals surface area contributed by atoms with Gasteiger partial charge in [-0.15, -0.1) is 0 Å². The van der Waals surface area contributed by atoms with Gasteiger partial charge in [-0.1, -0.05) is 0 Å². The van der Waals surface area contributed by atoms with Crippen LogP contribution in [0.25, 0.3) is 0 Å². The summed E-state index contributed by atoms with van der Waals surface area (Å²) in [6.07, 6.45) is 0. The van der Waals surface area contributed by atoms with Gasteiger partial charge >= 0.3 is 6.61 Å². The van der Waals surface area contributed by atoms with Gasteiger partial charge in [0.2, 0.25) is 0 Å². The fraction of sp³-hybridized carbons (Fsp3) is 0.250. The Labute approximate surface area is 73.1 Å². The number of halogens is 3. The van der Waals surface area contributed by atoms with E-state index in [2.05, 4.69) is 4.74 Å². The van der Waals surface area contributed by atoms with Crippen LogP contribution in [0.5, 0.6) is 5.75 Å². The molecule has 72 valence electrons. The summed E-state index contributed by atoms with van der Waals surface area (Å²) in [5.74, 6) is -0.925. The molecule has 0 heterocycles. The van der Waals surface area contributed by atoms with E-state index < -0.39 is 12.4 Å². The van der Waals surface area contributed by atoms with E-state index in [1.54, 1.807) is 0 Å². The zero-order valence-electron chi connectivity index (χ0n) is 6.85. The predicted molar refractivity (Wildman–Crippen MR) is 42.2 cm³/mol. The van der Waals surface area contributed by atoms with E-state index in [0.29, 0.717) is 5.56 Å². The Morgan fingerprint density at radius 2 is 2.00 bits per heavy atom. The number of benzene rings is 1. The van der Waals surface area contributed by atoms with E-state index in [4.69, 9.17) is 5.73 Å². The molecule has 13 heavy (non-hydrogen) atoms. The smallest absolute Gasteiger partial charge is 0.387 e. The molecule has 1 rings (SSSR count). The van der Waals surface area contributed by atoms with Crippen LogP contribution in [0, 0.1) is 12.7 Å². The molecule has 0 fully saturated rings. The first-order chi connectivity index (χ1) is 6.00. The van der Waals surface area contributed by atoms with Crippen molar-refractivity contribution >= 4 is 5.69 Å². The van der Waals surface area contributed by atoms with E-state index in [0.717, 1.165) is 12.1 Å². The summed E-state index contributed by atoms with van der Waals surface area (Å²) in [5.41, 5.74) is 5.73. The van der Waals surface area contributed by atoms with E-state index >= 15 is 0 Å². The zero-order valence-corrected chi connectivity index (χ0v) is 6.85. The quantitative estimate of drug-likeness (QED) is 0.728. The molecule has 0 aliphatic rings. The fourth-order valence-electron chi connectivity index (χ4n) is 0.893. The van der Waals surface area contributed by atoms with Gasteiger partial charge in [-0.25, -0.2) is 4.39 Å². The van der Waals surface area contributed by atoms with Crippen molar-refractivity contribution in [1.29, 1.82) is 0 Å². The number of hydrogen-bond donors (Lipinski definition) is 1. The number of ether oxygens (including phenoxy) is 1. The van der Waals surface area contributed by atoms with E-state index in [9.17, 15) is 13.2 Å². The molecule has 0 saturated heterocycles. The Kier molecular flexibility index (Phi) is 2.65. The molecule has 0 amide bonds. The normalized spacial score (nSPS) is 10.5. The van der Waals surface area contributed by atoms with Crippen molar-refractivity contribution in [2.75, 3.05) is 5.73 Å². The number of hydrogen-bond acceptors (Lipinski definition) is 2. The van der Waals surface area contributed by atoms with Crippen LogP contribution in [0.2, 0.25) is 0 Å². The van der Waals surface area contributed by atoms with Gasteiger partial charge < -0.3 is 10.5 Å². The lowest BCUT2D eigenvalue weighted by molar-refractivity contribution is -0.0503. The van der Waals surface area contributed by atoms with Crippen molar-refractivity contribution < 1.29 is 17.9 Å². The van der Waals surface area contributed by atoms with Crippen LogP contribution in [0.1, 0.15) is 5.56 Å². The van der Waals surface area contributed by atoms with Gasteiger partial charge in [0.1, 0.15) is 11.6 Å². The monoisotopic (exact) mass is 191 g/mol. The van der Waals surface area contributed by atoms with E-state index in [1.807, 2.05) is 0 Å². The Bertz CT molecular complexity index is 315. The van der Waals surface area contributed by atoms with Gasteiger partial charge in [0, 0.05) is 17.3 Å². The van der Waals surface area contributed by atoms with E-state index in [-0.39, 0.29) is 11.4 Å². The topological polar surface area (TPSA) is 35.2 Å². The molecule has 1 aromatic rings. The average molecular weight is 191 g/mol. The maximum Gasteiger partial charge on any atom is 0.387 e. The highest BCUT2D eigenvalue weighted by Crippen LogP contribution is 2.26. The summed E-state index contributed by atoms with van der Waals surface area (Å²) in [4.78, 5) is 0. The first kappa shape index (κ1) is 9.70. The Morgan fingerprint density at radius 1 is 1.38 bits per heavy atom. The molecule has 0 unspecified atom stereocenters. The second kappa shape index (κ2) is 3.55. The van der Waals surface area contributed by atoms with Crippen LogP contribution in [0.3, 0.4) is 0 Å². The highest BCUT2D eigenvalue weighted by atomic mass is 19.3. The van der Waals surface area contributed by atoms with Crippen LogP contribution >= 0.6 is 0 Å². The molecule has 0 aliphatic heterocycles. The van der Waals surface area contributed by atoms with Crippen LogP contribution < -0.4 is 10.5 Å². The Morgan fingerprint density at radius 3 is 2.54 bits per heavy atom. The molecule has 0 aliphatic carbocycles. The average Bonchev–Trinajstić information content (AvgIpc) is 1.98. The lowest BCUT2D eigenvalue weighted by atomic mass is 10.2. The van der Waals surface area contributed by atoms with Crippen molar-refractivity contribution in [2.24, 2.45) is 0 Å². The Hall–Kier alpha value is -1.39. The fourth-order valence-corrected chi connectivity index (χ4v) is 0.893. The van der Waals surface area contributed by atoms with Crippen molar-refractivity contribution in [3.63, 3.8) is 0 Å². The molecule has 1 aromatic carbocycles. The number of nitrogens with two attached hydrogens (primary N) is 1. The number of alkyl halides is 2. The minimum Gasteiger partial charge on any atom is -0.434 e. The lowest BCUT2D eigenvalue weighted by Gasteiger charge is -2.09. The summed E-state index contributed by atoms with van der Waals surface area (Å²) in [6.45, 7) is -1.49. The predicted octanol–water partition coefficient (Wildman–Crippen LogP) is 2.32. The van der Waals surface area contributed by atoms with Gasteiger partial charge in [-0.3, -0.25) is 0 Å². The number of rotatable bonds is 2. The largest absolute Gasteiger partial charge is 0.434 e. The summed E-state index contributed by atoms with van der Waals surface area (Å²) >= 11 is 0. The maximum atomic E-state index is 12.7. The molecule has 0 spiro atoms. The third-order valence-electron chi connectivity index (χ3n) is 1.58. The molecule has 0 saturated carbocycles. The molecule has 2 N–H and O–H groups in total. The lowest BCUT2D eigenvalue weighted by Crippen LogP contribution is -2.05. The van der Waals surface area contributed by atoms with Crippen LogP contribution in [-0.2, 0) is 0 Å². The second-order valence-electron chi connectivity index (χ2n) is 2.50. The highest BCUT2D eigenvalue weighted by Gasteiger charge is 2.10. The van der Waals surface area contributed by atoms with E-state index in [1.165, 1.54) is 6.92 Å². The van der Waals surface area contributed by atoms with Crippen LogP contribution in [-0.4, -0.2) is 6.61 Å². The molecule has 0 radical (unpaired) electrons. The zero-order chi connectivity index (χ0) is 10.0. The van der Waals surface area contributed by atoms with Crippen molar-refractivity contribution in [1.82, 2.24) is 0 Å². The van der Waals surface area contributed by atoms with Crippen LogP contribution in [0.4, 0.5) is 18.9 Å². The summed E-state index contributed by atoms with van der Waals surface area (Å²) in [5, 5.41) is 0. The van der Waals surface area contributed by atoms with Crippen molar-refractivity contribution in [2.45, 2.75) is 13.5 Å². The van der Waals surface area contributed by atoms with Crippen molar-refractivity contribution in [3.8, 4) is 5.75 Å². The second-order valence-corrected chi connectivity index (χ2v) is 2.50. The van der Waals surface area contributed by atoms with Gasteiger partial charge in [0.25, 0.3) is 0 Å². The Balaban J connectivity index is 3.05. The molecule has 0 bridgehead atoms. The van der Waals surface area contributed by atoms with Gasteiger partial charge in [0.05, 0.1) is 0 Å². The van der Waals surface area contributed by atoms with Crippen LogP contribution in [0.15, 0.2) is 12.1 Å². The number of nitrogen functional groups attached to an aromatic ring is 1. The molecule has 2 nitrogen and oxygen atoms in total. The minimum absolute atomic E-state index is 0.0932. The SMILES string of the molecule is Cc1c(N)cc(F)cc1OC(F)F. The first-order valence-corrected chi connectivity index (χ1v) is 3.51. The summed E-state index contributed by atoms with van der Waals surface area (Å²) in [6, 6.07) is 1.92. The molecule has 5 heteroatoms. The van der Waals surface area contributed by atoms with Gasteiger partial charge in [-0.2, -0.15) is 8.78 Å². The molecular weight excluding hydrogens is 183 g/mol. The third-order valence-corrected chi connectivity index (χ3v) is 1.58. The molecular formula is C8H8F3NO. The number of anilines is 1. The summed E-state index contributed by atoms with van der Waals surface area (Å²) < 4.78 is 40.3. The van der Waals surface area contributed by atoms with Gasteiger partial charge in [0.15, 0.2) is 0 Å². The molecule has 0 aromatic heterocycles. The highest BCUT2D eigenvalue weighted by molar-refractivity contribution is 5.53.